The second-order valence-corrected chi connectivity index (χ2v) is 7.54. The highest BCUT2D eigenvalue weighted by Crippen LogP contribution is 2.25. The van der Waals surface area contributed by atoms with E-state index < -0.39 is 0 Å². The van der Waals surface area contributed by atoms with E-state index in [1.54, 1.807) is 5.43 Å². The van der Waals surface area contributed by atoms with Crippen molar-refractivity contribution >= 4 is 23.1 Å². The molecule has 31 heavy (non-hydrogen) atoms. The van der Waals surface area contributed by atoms with Crippen molar-refractivity contribution in [2.45, 2.75) is 0 Å². The Kier molecular flexibility index (Phi) is 5.76. The number of amides is 2. The number of nitrogens with zero attached hydrogens (tertiary/aromatic N) is 5. The van der Waals surface area contributed by atoms with Gasteiger partial charge in [-0.15, -0.1) is 10.1 Å². The molecular weight excluding hydrogens is 398 g/mol. The molecule has 5 rings (SSSR count). The number of nitrogens with one attached hydrogen (secondary N) is 1. The lowest BCUT2D eigenvalue weighted by Gasteiger charge is -2.28. The fourth-order valence-corrected chi connectivity index (χ4v) is 3.80. The van der Waals surface area contributed by atoms with Crippen LogP contribution in [-0.4, -0.2) is 78.2 Å². The minimum absolute atomic E-state index is 0.144. The molecule has 2 aliphatic heterocycles. The highest BCUT2D eigenvalue weighted by atomic mass is 16.5. The number of anilines is 2. The molecule has 0 saturated carbocycles. The van der Waals surface area contributed by atoms with Gasteiger partial charge in [0.2, 0.25) is 0 Å². The number of aromatic nitrogens is 3. The molecular formula is C21H26N7O3+. The predicted octanol–water partition coefficient (Wildman–Crippen LogP) is 0.575. The third-order valence-electron chi connectivity index (χ3n) is 5.44. The summed E-state index contributed by atoms with van der Waals surface area (Å²) in [6, 6.07) is 11.5. The van der Waals surface area contributed by atoms with Crippen LogP contribution in [0.4, 0.5) is 16.3 Å². The predicted molar refractivity (Wildman–Crippen MR) is 115 cm³/mol. The molecule has 0 aliphatic carbocycles. The van der Waals surface area contributed by atoms with Crippen molar-refractivity contribution in [3.8, 4) is 11.4 Å². The summed E-state index contributed by atoms with van der Waals surface area (Å²) in [6.45, 7) is 5.77. The van der Waals surface area contributed by atoms with Crippen LogP contribution in [0.2, 0.25) is 0 Å². The first-order valence-corrected chi connectivity index (χ1v) is 10.5. The van der Waals surface area contributed by atoms with E-state index >= 15 is 0 Å². The topological polar surface area (TPSA) is 101 Å². The maximum absolute atomic E-state index is 12.3. The van der Waals surface area contributed by atoms with E-state index in [0.717, 1.165) is 48.8 Å². The molecule has 0 atom stereocenters. The molecule has 2 aliphatic rings. The lowest BCUT2D eigenvalue weighted by molar-refractivity contribution is -0.723. The molecule has 162 valence electrons. The Balaban J connectivity index is 1.32. The van der Waals surface area contributed by atoms with Crippen molar-refractivity contribution in [2.75, 3.05) is 62.8 Å². The average molecular weight is 424 g/mol. The Labute approximate surface area is 179 Å². The molecule has 2 saturated heterocycles. The van der Waals surface area contributed by atoms with Crippen LogP contribution < -0.4 is 15.6 Å². The second-order valence-electron chi connectivity index (χ2n) is 7.54. The Hall–Kier alpha value is -3.05. The van der Waals surface area contributed by atoms with Crippen molar-refractivity contribution in [3.05, 3.63) is 42.6 Å². The van der Waals surface area contributed by atoms with Gasteiger partial charge in [-0.2, -0.15) is 5.43 Å². The summed E-state index contributed by atoms with van der Waals surface area (Å²) < 4.78 is 12.7. The number of benzene rings is 1. The van der Waals surface area contributed by atoms with Gasteiger partial charge in [0, 0.05) is 30.5 Å². The summed E-state index contributed by atoms with van der Waals surface area (Å²) in [6.07, 6.45) is 1.93. The summed E-state index contributed by atoms with van der Waals surface area (Å²) >= 11 is 0. The standard InChI is InChI=1S/C21H25N7O3/c29-21(25-27-10-14-31-15-11-27)22-17-5-3-16(4-6-17)19-23-20(26-8-12-30-13-9-26)18-2-1-7-28(18)24-19/h1-7H,8-15H2,(H2,22,25,29)/p+1. The monoisotopic (exact) mass is 424 g/mol. The molecule has 3 aromatic rings. The fourth-order valence-electron chi connectivity index (χ4n) is 3.80. The molecule has 2 fully saturated rings. The van der Waals surface area contributed by atoms with Crippen LogP contribution >= 0.6 is 0 Å². The van der Waals surface area contributed by atoms with E-state index in [1.165, 1.54) is 0 Å². The fraction of sp³-hybridized carbons (Fsp3) is 0.381. The van der Waals surface area contributed by atoms with Gasteiger partial charge in [0.05, 0.1) is 39.5 Å². The third kappa shape index (κ3) is 4.52. The number of carbonyl (C=O) groups is 1. The summed E-state index contributed by atoms with van der Waals surface area (Å²) in [5.74, 6) is 1.55. The van der Waals surface area contributed by atoms with E-state index in [-0.39, 0.29) is 6.03 Å². The number of primary amides is 1. The van der Waals surface area contributed by atoms with Crippen molar-refractivity contribution in [3.63, 3.8) is 0 Å². The summed E-state index contributed by atoms with van der Waals surface area (Å²) in [5.41, 5.74) is 4.20. The number of rotatable bonds is 4. The Morgan fingerprint density at radius 2 is 1.68 bits per heavy atom. The minimum atomic E-state index is -0.144. The van der Waals surface area contributed by atoms with Gasteiger partial charge in [0.15, 0.2) is 11.6 Å². The molecule has 0 bridgehead atoms. The van der Waals surface area contributed by atoms with Gasteiger partial charge in [-0.25, -0.2) is 14.3 Å². The molecule has 4 heterocycles. The van der Waals surface area contributed by atoms with E-state index in [1.807, 2.05) is 52.1 Å². The first-order chi connectivity index (χ1) is 15.3. The highest BCUT2D eigenvalue weighted by Gasteiger charge is 2.19. The quantitative estimate of drug-likeness (QED) is 0.591. The number of urea groups is 1. The van der Waals surface area contributed by atoms with Gasteiger partial charge in [-0.05, 0) is 36.4 Å². The number of quaternary nitrogens is 1. The number of ether oxygens (including phenoxy) is 2. The molecule has 2 amide bonds. The summed E-state index contributed by atoms with van der Waals surface area (Å²) in [4.78, 5) is 19.4. The Morgan fingerprint density at radius 3 is 2.42 bits per heavy atom. The highest BCUT2D eigenvalue weighted by molar-refractivity contribution is 5.82. The maximum atomic E-state index is 12.3. The summed E-state index contributed by atoms with van der Waals surface area (Å²) in [5, 5.41) is 9.55. The van der Waals surface area contributed by atoms with Crippen molar-refractivity contribution in [2.24, 2.45) is 0 Å². The van der Waals surface area contributed by atoms with Crippen molar-refractivity contribution in [1.29, 1.82) is 0 Å². The maximum Gasteiger partial charge on any atom is 0.437 e. The zero-order chi connectivity index (χ0) is 21.0. The van der Waals surface area contributed by atoms with Gasteiger partial charge in [0.25, 0.3) is 0 Å². The smallest absolute Gasteiger partial charge is 0.378 e. The number of fused-ring (bicyclic) bond motifs is 1. The zero-order valence-corrected chi connectivity index (χ0v) is 17.2. The van der Waals surface area contributed by atoms with Crippen molar-refractivity contribution < 1.29 is 19.7 Å². The molecule has 0 radical (unpaired) electrons. The lowest BCUT2D eigenvalue weighted by atomic mass is 10.2. The first-order valence-electron chi connectivity index (χ1n) is 10.5. The molecule has 3 N–H and O–H groups in total. The van der Waals surface area contributed by atoms with Gasteiger partial charge >= 0.3 is 6.03 Å². The zero-order valence-electron chi connectivity index (χ0n) is 17.2. The lowest BCUT2D eigenvalue weighted by Crippen LogP contribution is -2.98. The Morgan fingerprint density at radius 1 is 0.968 bits per heavy atom. The van der Waals surface area contributed by atoms with Gasteiger partial charge in [-0.3, -0.25) is 5.32 Å². The van der Waals surface area contributed by atoms with Crippen LogP contribution in [-0.2, 0) is 9.47 Å². The molecule has 0 spiro atoms. The van der Waals surface area contributed by atoms with E-state index in [4.69, 9.17) is 14.5 Å². The summed E-state index contributed by atoms with van der Waals surface area (Å²) in [7, 11) is 0. The van der Waals surface area contributed by atoms with Crippen LogP contribution in [0.25, 0.3) is 16.9 Å². The number of hydrogen-bond acceptors (Lipinski definition) is 7. The first kappa shape index (κ1) is 19.9. The van der Waals surface area contributed by atoms with Crippen LogP contribution in [0.3, 0.4) is 0 Å². The van der Waals surface area contributed by atoms with E-state index in [2.05, 4.69) is 15.3 Å². The second kappa shape index (κ2) is 8.98. The van der Waals surface area contributed by atoms with Crippen LogP contribution in [0, 0.1) is 0 Å². The molecule has 10 heteroatoms. The van der Waals surface area contributed by atoms with Crippen LogP contribution in [0.1, 0.15) is 0 Å². The molecule has 0 unspecified atom stereocenters. The molecule has 1 aromatic carbocycles. The average Bonchev–Trinajstić information content (AvgIpc) is 3.29. The number of morpholine rings is 2. The third-order valence-corrected chi connectivity index (χ3v) is 5.44. The van der Waals surface area contributed by atoms with Crippen LogP contribution in [0.5, 0.6) is 0 Å². The minimum Gasteiger partial charge on any atom is -0.378 e. The molecule has 2 aromatic heterocycles. The van der Waals surface area contributed by atoms with Gasteiger partial charge in [-0.1, -0.05) is 0 Å². The van der Waals surface area contributed by atoms with Crippen molar-refractivity contribution in [1.82, 2.24) is 19.6 Å². The van der Waals surface area contributed by atoms with Crippen LogP contribution in [0.15, 0.2) is 42.6 Å². The van der Waals surface area contributed by atoms with Gasteiger partial charge in [0.1, 0.15) is 5.52 Å². The normalized spacial score (nSPS) is 17.7. The van der Waals surface area contributed by atoms with E-state index in [0.29, 0.717) is 32.3 Å². The van der Waals surface area contributed by atoms with E-state index in [9.17, 15) is 4.79 Å². The largest absolute Gasteiger partial charge is 0.437 e. The SMILES string of the molecule is O=C(Nc1ccc(-c2nc(N3CCOCC3)c3cccn3n2)cc1)[NH2+]N1CCOCC1. The number of carbonyl (C=O) groups excluding carboxylic acids is 1. The Bertz CT molecular complexity index is 1040. The number of nitrogens with two attached hydrogens (primary N) is 1. The molecule has 10 nitrogen and oxygen atoms in total. The number of hydrogen-bond donors (Lipinski definition) is 2. The van der Waals surface area contributed by atoms with Gasteiger partial charge < -0.3 is 14.4 Å².